The molecular formula is C11H10N4O3. The Hall–Kier alpha value is -2.54. The second-order valence-electron chi connectivity index (χ2n) is 3.50. The maximum absolute atomic E-state index is 5.54. The summed E-state index contributed by atoms with van der Waals surface area (Å²) in [5, 5.41) is 0. The van der Waals surface area contributed by atoms with Crippen molar-refractivity contribution >= 4 is 5.82 Å². The Morgan fingerprint density at radius 1 is 1.22 bits per heavy atom. The molecule has 92 valence electrons. The third kappa shape index (κ3) is 1.98. The number of rotatable bonds is 3. The molecule has 1 aromatic heterocycles. The van der Waals surface area contributed by atoms with E-state index in [0.29, 0.717) is 28.9 Å². The fraction of sp³-hybridized carbons (Fsp3) is 0.0909. The highest BCUT2D eigenvalue weighted by Crippen LogP contribution is 2.36. The van der Waals surface area contributed by atoms with Crippen LogP contribution < -0.4 is 25.5 Å². The zero-order chi connectivity index (χ0) is 12.4. The molecule has 0 spiro atoms. The smallest absolute Gasteiger partial charge is 0.239 e. The second kappa shape index (κ2) is 4.38. The van der Waals surface area contributed by atoms with E-state index < -0.39 is 0 Å². The number of hydrazine groups is 1. The van der Waals surface area contributed by atoms with Gasteiger partial charge in [-0.1, -0.05) is 0 Å². The highest BCUT2D eigenvalue weighted by atomic mass is 16.7. The van der Waals surface area contributed by atoms with Crippen molar-refractivity contribution < 1.29 is 14.2 Å². The molecule has 2 heterocycles. The van der Waals surface area contributed by atoms with Crippen molar-refractivity contribution in [3.8, 4) is 23.1 Å². The fourth-order valence-electron chi connectivity index (χ4n) is 1.53. The van der Waals surface area contributed by atoms with Gasteiger partial charge >= 0.3 is 0 Å². The normalized spacial score (nSPS) is 12.3. The molecule has 0 amide bonds. The number of aromatic nitrogens is 2. The Balaban J connectivity index is 1.83. The fourth-order valence-corrected chi connectivity index (χ4v) is 1.53. The number of nitrogens with zero attached hydrogens (tertiary/aromatic N) is 2. The lowest BCUT2D eigenvalue weighted by Gasteiger charge is -2.06. The van der Waals surface area contributed by atoms with E-state index in [2.05, 4.69) is 15.4 Å². The third-order valence-electron chi connectivity index (χ3n) is 2.33. The van der Waals surface area contributed by atoms with Gasteiger partial charge in [0.05, 0.1) is 12.4 Å². The van der Waals surface area contributed by atoms with E-state index in [0.717, 1.165) is 0 Å². The molecule has 1 aromatic carbocycles. The molecular weight excluding hydrogens is 236 g/mol. The molecule has 0 bridgehead atoms. The number of nitrogen functional groups attached to an aromatic ring is 1. The summed E-state index contributed by atoms with van der Waals surface area (Å²) in [6.07, 6.45) is 2.98. The molecule has 18 heavy (non-hydrogen) atoms. The van der Waals surface area contributed by atoms with Crippen LogP contribution in [0, 0.1) is 0 Å². The van der Waals surface area contributed by atoms with Gasteiger partial charge in [-0.25, -0.2) is 5.84 Å². The predicted octanol–water partition coefficient (Wildman–Crippen LogP) is 1.28. The lowest BCUT2D eigenvalue weighted by molar-refractivity contribution is 0.174. The van der Waals surface area contributed by atoms with Gasteiger partial charge in [-0.2, -0.15) is 4.98 Å². The van der Waals surface area contributed by atoms with Crippen LogP contribution in [-0.4, -0.2) is 16.8 Å². The number of fused-ring (bicyclic) bond motifs is 1. The molecule has 3 rings (SSSR count). The molecule has 0 fully saturated rings. The quantitative estimate of drug-likeness (QED) is 0.622. The molecule has 2 aromatic rings. The van der Waals surface area contributed by atoms with E-state index in [-0.39, 0.29) is 6.79 Å². The monoisotopic (exact) mass is 246 g/mol. The summed E-state index contributed by atoms with van der Waals surface area (Å²) in [4.78, 5) is 8.03. The summed E-state index contributed by atoms with van der Waals surface area (Å²) >= 11 is 0. The molecule has 1 aliphatic heterocycles. The van der Waals surface area contributed by atoms with Gasteiger partial charge in [-0.3, -0.25) is 4.98 Å². The van der Waals surface area contributed by atoms with E-state index in [1.807, 2.05) is 0 Å². The number of nitrogens with one attached hydrogen (secondary N) is 1. The van der Waals surface area contributed by atoms with Crippen molar-refractivity contribution in [1.29, 1.82) is 0 Å². The second-order valence-corrected chi connectivity index (χ2v) is 3.50. The SMILES string of the molecule is NNc1cncc(Oc2ccc3c(c2)OCO3)n1. The van der Waals surface area contributed by atoms with Crippen molar-refractivity contribution in [2.24, 2.45) is 5.84 Å². The van der Waals surface area contributed by atoms with E-state index in [9.17, 15) is 0 Å². The average Bonchev–Trinajstić information content (AvgIpc) is 2.86. The molecule has 3 N–H and O–H groups in total. The summed E-state index contributed by atoms with van der Waals surface area (Å²) in [5.41, 5.74) is 2.40. The Kier molecular flexibility index (Phi) is 2.58. The molecule has 0 radical (unpaired) electrons. The number of nitrogens with two attached hydrogens (primary N) is 1. The van der Waals surface area contributed by atoms with Crippen molar-refractivity contribution in [3.05, 3.63) is 30.6 Å². The third-order valence-corrected chi connectivity index (χ3v) is 2.33. The number of hydrogen-bond donors (Lipinski definition) is 2. The van der Waals surface area contributed by atoms with Gasteiger partial charge in [0.15, 0.2) is 17.3 Å². The first-order valence-corrected chi connectivity index (χ1v) is 5.21. The van der Waals surface area contributed by atoms with Crippen LogP contribution in [0.2, 0.25) is 0 Å². The van der Waals surface area contributed by atoms with Crippen LogP contribution in [0.4, 0.5) is 5.82 Å². The zero-order valence-electron chi connectivity index (χ0n) is 9.29. The maximum atomic E-state index is 5.54. The molecule has 0 saturated carbocycles. The number of ether oxygens (including phenoxy) is 3. The van der Waals surface area contributed by atoms with Crippen molar-refractivity contribution in [1.82, 2.24) is 9.97 Å². The predicted molar refractivity (Wildman–Crippen MR) is 62.5 cm³/mol. The van der Waals surface area contributed by atoms with Gasteiger partial charge in [-0.15, -0.1) is 0 Å². The lowest BCUT2D eigenvalue weighted by Crippen LogP contribution is -2.08. The highest BCUT2D eigenvalue weighted by molar-refractivity contribution is 5.47. The Morgan fingerprint density at radius 2 is 2.11 bits per heavy atom. The summed E-state index contributed by atoms with van der Waals surface area (Å²) in [7, 11) is 0. The van der Waals surface area contributed by atoms with Crippen molar-refractivity contribution in [2.75, 3.05) is 12.2 Å². The minimum atomic E-state index is 0.227. The van der Waals surface area contributed by atoms with Crippen LogP contribution >= 0.6 is 0 Å². The molecule has 7 heteroatoms. The van der Waals surface area contributed by atoms with E-state index in [1.165, 1.54) is 12.4 Å². The summed E-state index contributed by atoms with van der Waals surface area (Å²) in [5.74, 6) is 7.94. The van der Waals surface area contributed by atoms with Crippen molar-refractivity contribution in [3.63, 3.8) is 0 Å². The topological polar surface area (TPSA) is 91.5 Å². The summed E-state index contributed by atoms with van der Waals surface area (Å²) in [6, 6.07) is 5.26. The number of anilines is 1. The van der Waals surface area contributed by atoms with Crippen LogP contribution in [0.15, 0.2) is 30.6 Å². The summed E-state index contributed by atoms with van der Waals surface area (Å²) < 4.78 is 16.0. The van der Waals surface area contributed by atoms with E-state index >= 15 is 0 Å². The first-order valence-electron chi connectivity index (χ1n) is 5.21. The minimum absolute atomic E-state index is 0.227. The van der Waals surface area contributed by atoms with Gasteiger partial charge in [0.1, 0.15) is 5.75 Å². The highest BCUT2D eigenvalue weighted by Gasteiger charge is 2.14. The first kappa shape index (κ1) is 10.6. The molecule has 0 aliphatic carbocycles. The number of hydrogen-bond acceptors (Lipinski definition) is 7. The van der Waals surface area contributed by atoms with Gasteiger partial charge < -0.3 is 19.6 Å². The van der Waals surface area contributed by atoms with Crippen LogP contribution in [-0.2, 0) is 0 Å². The van der Waals surface area contributed by atoms with Gasteiger partial charge in [0.25, 0.3) is 0 Å². The molecule has 7 nitrogen and oxygen atoms in total. The number of benzene rings is 1. The van der Waals surface area contributed by atoms with Crippen LogP contribution in [0.1, 0.15) is 0 Å². The van der Waals surface area contributed by atoms with Crippen LogP contribution in [0.25, 0.3) is 0 Å². The minimum Gasteiger partial charge on any atom is -0.454 e. The van der Waals surface area contributed by atoms with E-state index in [1.54, 1.807) is 18.2 Å². The maximum Gasteiger partial charge on any atom is 0.239 e. The summed E-state index contributed by atoms with van der Waals surface area (Å²) in [6.45, 7) is 0.227. The Bertz CT molecular complexity index is 576. The average molecular weight is 246 g/mol. The molecule has 0 unspecified atom stereocenters. The largest absolute Gasteiger partial charge is 0.454 e. The zero-order valence-corrected chi connectivity index (χ0v) is 9.29. The molecule has 1 aliphatic rings. The van der Waals surface area contributed by atoms with Crippen LogP contribution in [0.3, 0.4) is 0 Å². The standard InChI is InChI=1S/C11H10N4O3/c12-15-10-4-13-5-11(14-10)18-7-1-2-8-9(3-7)17-6-16-8/h1-5H,6,12H2,(H,14,15). The first-order chi connectivity index (χ1) is 8.85. The molecule has 0 saturated heterocycles. The van der Waals surface area contributed by atoms with Crippen molar-refractivity contribution in [2.45, 2.75) is 0 Å². The molecule has 0 atom stereocenters. The van der Waals surface area contributed by atoms with Gasteiger partial charge in [0.2, 0.25) is 12.7 Å². The lowest BCUT2D eigenvalue weighted by atomic mass is 10.3. The Morgan fingerprint density at radius 3 is 3.00 bits per heavy atom. The van der Waals surface area contributed by atoms with Gasteiger partial charge in [0, 0.05) is 6.07 Å². The van der Waals surface area contributed by atoms with Gasteiger partial charge in [-0.05, 0) is 12.1 Å². The van der Waals surface area contributed by atoms with Crippen LogP contribution in [0.5, 0.6) is 23.1 Å². The Labute approximate surface area is 102 Å². The van der Waals surface area contributed by atoms with E-state index in [4.69, 9.17) is 20.1 Å².